The van der Waals surface area contributed by atoms with Gasteiger partial charge in [0, 0.05) is 0 Å². The van der Waals surface area contributed by atoms with Crippen LogP contribution < -0.4 is 4.72 Å². The molecule has 0 saturated carbocycles. The van der Waals surface area contributed by atoms with Crippen molar-refractivity contribution in [3.05, 3.63) is 58.1 Å². The topological polar surface area (TPSA) is 70.0 Å². The van der Waals surface area contributed by atoms with Crippen molar-refractivity contribution in [2.24, 2.45) is 0 Å². The smallest absolute Gasteiger partial charge is 0.261 e. The van der Waals surface area contributed by atoms with Crippen LogP contribution in [0.5, 0.6) is 0 Å². The van der Waals surface area contributed by atoms with E-state index in [1.165, 1.54) is 24.3 Å². The molecule has 0 fully saturated rings. The monoisotopic (exact) mass is 326 g/mol. The standard InChI is InChI=1S/C13H8Cl2N2O2S/c14-12-5-4-11(7-13(12)15)20(18,19)17-10-3-1-2-9(6-10)8-16/h1-7,17H. The number of benzene rings is 2. The first-order valence-electron chi connectivity index (χ1n) is 5.40. The van der Waals surface area contributed by atoms with Crippen molar-refractivity contribution in [2.75, 3.05) is 4.72 Å². The predicted molar refractivity (Wildman–Crippen MR) is 78.4 cm³/mol. The fourth-order valence-electron chi connectivity index (χ4n) is 1.51. The zero-order valence-electron chi connectivity index (χ0n) is 9.97. The van der Waals surface area contributed by atoms with Crippen molar-refractivity contribution in [3.8, 4) is 6.07 Å². The third-order valence-corrected chi connectivity index (χ3v) is 4.56. The molecule has 2 aromatic carbocycles. The molecule has 0 saturated heterocycles. The van der Waals surface area contributed by atoms with Crippen molar-refractivity contribution in [1.82, 2.24) is 0 Å². The molecule has 0 aliphatic heterocycles. The van der Waals surface area contributed by atoms with Crippen molar-refractivity contribution in [3.63, 3.8) is 0 Å². The van der Waals surface area contributed by atoms with Gasteiger partial charge in [0.15, 0.2) is 0 Å². The molecule has 0 aliphatic carbocycles. The second-order valence-electron chi connectivity index (χ2n) is 3.87. The summed E-state index contributed by atoms with van der Waals surface area (Å²) in [4.78, 5) is -0.00531. The first-order valence-corrected chi connectivity index (χ1v) is 7.64. The van der Waals surface area contributed by atoms with Crippen LogP contribution >= 0.6 is 23.2 Å². The lowest BCUT2D eigenvalue weighted by atomic mass is 10.2. The van der Waals surface area contributed by atoms with Gasteiger partial charge in [0.05, 0.1) is 32.3 Å². The van der Waals surface area contributed by atoms with Crippen LogP contribution in [0, 0.1) is 11.3 Å². The zero-order valence-corrected chi connectivity index (χ0v) is 12.3. The van der Waals surface area contributed by atoms with Crippen LogP contribution in [-0.2, 0) is 10.0 Å². The maximum atomic E-state index is 12.2. The minimum Gasteiger partial charge on any atom is -0.280 e. The maximum Gasteiger partial charge on any atom is 0.261 e. The lowest BCUT2D eigenvalue weighted by molar-refractivity contribution is 0.601. The average molecular weight is 327 g/mol. The maximum absolute atomic E-state index is 12.2. The molecule has 102 valence electrons. The van der Waals surface area contributed by atoms with Gasteiger partial charge < -0.3 is 0 Å². The fraction of sp³-hybridized carbons (Fsp3) is 0. The molecule has 0 amide bonds. The van der Waals surface area contributed by atoms with Gasteiger partial charge in [-0.2, -0.15) is 5.26 Å². The molecule has 0 heterocycles. The Morgan fingerprint density at radius 1 is 1.05 bits per heavy atom. The summed E-state index contributed by atoms with van der Waals surface area (Å²) < 4.78 is 26.7. The average Bonchev–Trinajstić information content (AvgIpc) is 2.41. The number of hydrogen-bond donors (Lipinski definition) is 1. The number of rotatable bonds is 3. The predicted octanol–water partition coefficient (Wildman–Crippen LogP) is 3.67. The number of nitriles is 1. The summed E-state index contributed by atoms with van der Waals surface area (Å²) >= 11 is 11.6. The van der Waals surface area contributed by atoms with E-state index in [-0.39, 0.29) is 14.9 Å². The van der Waals surface area contributed by atoms with Gasteiger partial charge in [-0.3, -0.25) is 4.72 Å². The largest absolute Gasteiger partial charge is 0.280 e. The number of sulfonamides is 1. The highest BCUT2D eigenvalue weighted by molar-refractivity contribution is 7.92. The number of nitrogens with one attached hydrogen (secondary N) is 1. The fourth-order valence-corrected chi connectivity index (χ4v) is 2.95. The van der Waals surface area contributed by atoms with Crippen LogP contribution in [0.15, 0.2) is 47.4 Å². The summed E-state index contributed by atoms with van der Waals surface area (Å²) in [7, 11) is -3.78. The van der Waals surface area contributed by atoms with E-state index < -0.39 is 10.0 Å². The molecule has 20 heavy (non-hydrogen) atoms. The highest BCUT2D eigenvalue weighted by Crippen LogP contribution is 2.26. The van der Waals surface area contributed by atoms with Gasteiger partial charge in [-0.25, -0.2) is 8.42 Å². The van der Waals surface area contributed by atoms with Gasteiger partial charge in [-0.05, 0) is 36.4 Å². The second kappa shape index (κ2) is 5.71. The van der Waals surface area contributed by atoms with Gasteiger partial charge in [-0.15, -0.1) is 0 Å². The molecule has 0 aliphatic rings. The summed E-state index contributed by atoms with van der Waals surface area (Å²) in [6.07, 6.45) is 0. The summed E-state index contributed by atoms with van der Waals surface area (Å²) in [5.74, 6) is 0. The first-order chi connectivity index (χ1) is 9.42. The van der Waals surface area contributed by atoms with Crippen LogP contribution in [0.1, 0.15) is 5.56 Å². The van der Waals surface area contributed by atoms with Crippen LogP contribution in [0.2, 0.25) is 10.0 Å². The van der Waals surface area contributed by atoms with E-state index in [0.717, 1.165) is 0 Å². The van der Waals surface area contributed by atoms with E-state index in [9.17, 15) is 8.42 Å². The number of anilines is 1. The summed E-state index contributed by atoms with van der Waals surface area (Å²) in [6, 6.07) is 12.1. The van der Waals surface area contributed by atoms with Gasteiger partial charge in [0.25, 0.3) is 10.0 Å². The van der Waals surface area contributed by atoms with Crippen molar-refractivity contribution in [1.29, 1.82) is 5.26 Å². The van der Waals surface area contributed by atoms with E-state index in [0.29, 0.717) is 11.3 Å². The Hall–Kier alpha value is -1.74. The molecular weight excluding hydrogens is 319 g/mol. The molecule has 4 nitrogen and oxygen atoms in total. The second-order valence-corrected chi connectivity index (χ2v) is 6.37. The molecule has 1 N–H and O–H groups in total. The highest BCUT2D eigenvalue weighted by Gasteiger charge is 2.15. The quantitative estimate of drug-likeness (QED) is 0.935. The Morgan fingerprint density at radius 3 is 2.45 bits per heavy atom. The number of hydrogen-bond acceptors (Lipinski definition) is 3. The van der Waals surface area contributed by atoms with E-state index in [4.69, 9.17) is 28.5 Å². The SMILES string of the molecule is N#Cc1cccc(NS(=O)(=O)c2ccc(Cl)c(Cl)c2)c1. The Labute approximate surface area is 126 Å². The van der Waals surface area contributed by atoms with Crippen molar-refractivity contribution < 1.29 is 8.42 Å². The van der Waals surface area contributed by atoms with E-state index in [2.05, 4.69) is 4.72 Å². The molecule has 0 aromatic heterocycles. The van der Waals surface area contributed by atoms with Crippen molar-refractivity contribution >= 4 is 38.9 Å². The van der Waals surface area contributed by atoms with Crippen LogP contribution in [0.25, 0.3) is 0 Å². The Morgan fingerprint density at radius 2 is 1.80 bits per heavy atom. The van der Waals surface area contributed by atoms with Crippen LogP contribution in [0.3, 0.4) is 0 Å². The molecule has 2 rings (SSSR count). The molecule has 0 spiro atoms. The van der Waals surface area contributed by atoms with Gasteiger partial charge in [0.1, 0.15) is 0 Å². The lowest BCUT2D eigenvalue weighted by Crippen LogP contribution is -2.13. The highest BCUT2D eigenvalue weighted by atomic mass is 35.5. The van der Waals surface area contributed by atoms with Crippen molar-refractivity contribution in [2.45, 2.75) is 4.90 Å². The van der Waals surface area contributed by atoms with E-state index in [1.54, 1.807) is 18.2 Å². The van der Waals surface area contributed by atoms with Gasteiger partial charge >= 0.3 is 0 Å². The molecular formula is C13H8Cl2N2O2S. The van der Waals surface area contributed by atoms with Crippen LogP contribution in [-0.4, -0.2) is 8.42 Å². The van der Waals surface area contributed by atoms with E-state index >= 15 is 0 Å². The van der Waals surface area contributed by atoms with Gasteiger partial charge in [0.2, 0.25) is 0 Å². The third-order valence-electron chi connectivity index (χ3n) is 2.45. The summed E-state index contributed by atoms with van der Waals surface area (Å²) in [5, 5.41) is 9.21. The summed E-state index contributed by atoms with van der Waals surface area (Å²) in [5.41, 5.74) is 0.662. The Bertz CT molecular complexity index is 798. The molecule has 0 radical (unpaired) electrons. The molecule has 7 heteroatoms. The van der Waals surface area contributed by atoms with Crippen LogP contribution in [0.4, 0.5) is 5.69 Å². The molecule has 0 atom stereocenters. The zero-order chi connectivity index (χ0) is 14.8. The molecule has 2 aromatic rings. The lowest BCUT2D eigenvalue weighted by Gasteiger charge is -2.09. The normalized spacial score (nSPS) is 10.8. The minimum atomic E-state index is -3.78. The van der Waals surface area contributed by atoms with E-state index in [1.807, 2.05) is 6.07 Å². The first kappa shape index (κ1) is 14.7. The number of halogens is 2. The minimum absolute atomic E-state index is 0.00531. The Kier molecular flexibility index (Phi) is 4.19. The summed E-state index contributed by atoms with van der Waals surface area (Å²) in [6.45, 7) is 0. The molecule has 0 bridgehead atoms. The molecule has 0 unspecified atom stereocenters. The Balaban J connectivity index is 2.35. The van der Waals surface area contributed by atoms with Gasteiger partial charge in [-0.1, -0.05) is 29.3 Å². The third kappa shape index (κ3) is 3.23. The number of nitrogens with zero attached hydrogens (tertiary/aromatic N) is 1.